The summed E-state index contributed by atoms with van der Waals surface area (Å²) in [6.07, 6.45) is -15.5. The fourth-order valence-electron chi connectivity index (χ4n) is 3.09. The predicted octanol–water partition coefficient (Wildman–Crippen LogP) is 5.90. The summed E-state index contributed by atoms with van der Waals surface area (Å²) in [6.45, 7) is 1.04. The molecule has 0 bridgehead atoms. The molecule has 14 heteroatoms. The number of aromatic nitrogens is 2. The van der Waals surface area contributed by atoms with Crippen molar-refractivity contribution in [1.29, 1.82) is 0 Å². The van der Waals surface area contributed by atoms with E-state index in [0.717, 1.165) is 6.92 Å². The van der Waals surface area contributed by atoms with Crippen LogP contribution in [0.5, 0.6) is 0 Å². The van der Waals surface area contributed by atoms with Crippen molar-refractivity contribution in [3.63, 3.8) is 0 Å². The maximum Gasteiger partial charge on any atom is 0.416 e. The van der Waals surface area contributed by atoms with Gasteiger partial charge in [0.1, 0.15) is 11.4 Å². The summed E-state index contributed by atoms with van der Waals surface area (Å²) in [5, 5.41) is 2.18. The molecule has 1 heterocycles. The lowest BCUT2D eigenvalue weighted by Crippen LogP contribution is -2.22. The van der Waals surface area contributed by atoms with Crippen molar-refractivity contribution in [2.75, 3.05) is 0 Å². The van der Waals surface area contributed by atoms with E-state index in [-0.39, 0.29) is 24.3 Å². The minimum Gasteiger partial charge on any atom is -0.295 e. The third kappa shape index (κ3) is 4.84. The molecular formula is C20H10F10N2O2. The van der Waals surface area contributed by atoms with E-state index in [2.05, 4.69) is 5.10 Å². The number of ketones is 1. The van der Waals surface area contributed by atoms with E-state index in [1.807, 2.05) is 0 Å². The Kier molecular flexibility index (Phi) is 5.91. The Morgan fingerprint density at radius 1 is 0.765 bits per heavy atom. The first-order chi connectivity index (χ1) is 15.4. The highest BCUT2D eigenvalue weighted by molar-refractivity contribution is 6.09. The Morgan fingerprint density at radius 3 is 1.71 bits per heavy atom. The van der Waals surface area contributed by atoms with Crippen LogP contribution in [-0.4, -0.2) is 15.6 Å². The zero-order chi connectivity index (χ0) is 25.8. The molecule has 1 N–H and O–H groups in total. The van der Waals surface area contributed by atoms with Gasteiger partial charge in [0.05, 0.1) is 22.4 Å². The fraction of sp³-hybridized carbons (Fsp3) is 0.200. The molecule has 2 aromatic carbocycles. The lowest BCUT2D eigenvalue weighted by molar-refractivity contribution is -0.143. The minimum absolute atomic E-state index is 0.109. The van der Waals surface area contributed by atoms with Crippen LogP contribution in [0, 0.1) is 12.7 Å². The van der Waals surface area contributed by atoms with E-state index in [4.69, 9.17) is 0 Å². The monoisotopic (exact) mass is 500 g/mol. The molecule has 34 heavy (non-hydrogen) atoms. The van der Waals surface area contributed by atoms with Gasteiger partial charge in [-0.15, -0.1) is 0 Å². The molecule has 4 nitrogen and oxygen atoms in total. The first-order valence-corrected chi connectivity index (χ1v) is 8.93. The molecule has 0 spiro atoms. The highest BCUT2D eigenvalue weighted by Crippen LogP contribution is 2.37. The molecule has 0 saturated heterocycles. The number of benzene rings is 2. The van der Waals surface area contributed by atoms with Crippen molar-refractivity contribution in [3.8, 4) is 5.69 Å². The average Bonchev–Trinajstić information content (AvgIpc) is 2.98. The van der Waals surface area contributed by atoms with Gasteiger partial charge in [-0.25, -0.2) is 9.07 Å². The van der Waals surface area contributed by atoms with Gasteiger partial charge in [0, 0.05) is 11.3 Å². The zero-order valence-electron chi connectivity index (χ0n) is 16.5. The average molecular weight is 500 g/mol. The van der Waals surface area contributed by atoms with Crippen LogP contribution in [0.2, 0.25) is 0 Å². The molecule has 1 aromatic heterocycles. The number of H-pyrrole nitrogens is 1. The Balaban J connectivity index is 2.19. The molecule has 3 aromatic rings. The summed E-state index contributed by atoms with van der Waals surface area (Å²) in [5.41, 5.74) is -9.68. The largest absolute Gasteiger partial charge is 0.416 e. The number of halogens is 10. The molecule has 0 fully saturated rings. The number of nitrogens with one attached hydrogen (secondary N) is 1. The van der Waals surface area contributed by atoms with Crippen molar-refractivity contribution < 1.29 is 48.7 Å². The molecule has 0 aliphatic heterocycles. The Bertz CT molecular complexity index is 1290. The quantitative estimate of drug-likeness (QED) is 0.360. The molecule has 3 rings (SSSR count). The van der Waals surface area contributed by atoms with E-state index < -0.39 is 74.9 Å². The number of hydrogen-bond donors (Lipinski definition) is 1. The molecule has 0 atom stereocenters. The standard InChI is InChI=1S/C20H10F10N2O2/c1-8-15(16(33)9-2-10(18(22,23)24)4-11(3-9)19(25,26)27)17(34)32(31-8)14-6-12(20(28,29)30)5-13(21)7-14/h2-7,31H,1H3. The zero-order valence-corrected chi connectivity index (χ0v) is 16.5. The van der Waals surface area contributed by atoms with Gasteiger partial charge in [0.25, 0.3) is 5.56 Å². The molecule has 182 valence electrons. The number of rotatable bonds is 3. The fourth-order valence-corrected chi connectivity index (χ4v) is 3.09. The number of aryl methyl sites for hydroxylation is 1. The Labute approximate surface area is 182 Å². The van der Waals surface area contributed by atoms with Crippen LogP contribution in [0.15, 0.2) is 41.2 Å². The second-order valence-electron chi connectivity index (χ2n) is 7.07. The van der Waals surface area contributed by atoms with Gasteiger partial charge < -0.3 is 0 Å². The van der Waals surface area contributed by atoms with Crippen LogP contribution in [0.3, 0.4) is 0 Å². The van der Waals surface area contributed by atoms with Gasteiger partial charge in [-0.1, -0.05) is 0 Å². The first kappa shape index (κ1) is 25.1. The molecule has 0 aliphatic rings. The second kappa shape index (κ2) is 8.02. The Morgan fingerprint density at radius 2 is 1.24 bits per heavy atom. The van der Waals surface area contributed by atoms with Gasteiger partial charge in [-0.3, -0.25) is 14.7 Å². The highest BCUT2D eigenvalue weighted by atomic mass is 19.4. The normalized spacial score (nSPS) is 12.8. The summed E-state index contributed by atoms with van der Waals surface area (Å²) >= 11 is 0. The summed E-state index contributed by atoms with van der Waals surface area (Å²) in [7, 11) is 0. The smallest absolute Gasteiger partial charge is 0.295 e. The number of carbonyl (C=O) groups excluding carboxylic acids is 1. The van der Waals surface area contributed by atoms with Crippen molar-refractivity contribution in [3.05, 3.63) is 86.1 Å². The number of carbonyl (C=O) groups is 1. The van der Waals surface area contributed by atoms with Gasteiger partial charge in [-0.2, -0.15) is 39.5 Å². The summed E-state index contributed by atoms with van der Waals surface area (Å²) in [5.74, 6) is -2.95. The molecule has 0 amide bonds. The van der Waals surface area contributed by atoms with Crippen LogP contribution in [-0.2, 0) is 18.5 Å². The second-order valence-corrected chi connectivity index (χ2v) is 7.07. The van der Waals surface area contributed by atoms with Crippen LogP contribution >= 0.6 is 0 Å². The molecule has 0 radical (unpaired) electrons. The lowest BCUT2D eigenvalue weighted by Gasteiger charge is -2.13. The van der Waals surface area contributed by atoms with Crippen LogP contribution in [0.4, 0.5) is 43.9 Å². The van der Waals surface area contributed by atoms with Gasteiger partial charge in [0.15, 0.2) is 0 Å². The SMILES string of the molecule is Cc1[nH]n(-c2cc(F)cc(C(F)(F)F)c2)c(=O)c1C(=O)c1cc(C(F)(F)F)cc(C(F)(F)F)c1. The van der Waals surface area contributed by atoms with Crippen molar-refractivity contribution in [1.82, 2.24) is 9.78 Å². The third-order valence-electron chi connectivity index (χ3n) is 4.62. The van der Waals surface area contributed by atoms with Crippen LogP contribution in [0.1, 0.15) is 38.3 Å². The first-order valence-electron chi connectivity index (χ1n) is 8.93. The van der Waals surface area contributed by atoms with E-state index in [0.29, 0.717) is 16.8 Å². The minimum atomic E-state index is -5.26. The van der Waals surface area contributed by atoms with Crippen molar-refractivity contribution in [2.45, 2.75) is 25.5 Å². The molecule has 0 saturated carbocycles. The number of nitrogens with zero attached hydrogens (tertiary/aromatic N) is 1. The van der Waals surface area contributed by atoms with Crippen LogP contribution < -0.4 is 5.56 Å². The van der Waals surface area contributed by atoms with E-state index in [1.54, 1.807) is 0 Å². The van der Waals surface area contributed by atoms with E-state index in [1.165, 1.54) is 0 Å². The maximum atomic E-state index is 13.7. The third-order valence-corrected chi connectivity index (χ3v) is 4.62. The summed E-state index contributed by atoms with van der Waals surface area (Å²) < 4.78 is 131. The van der Waals surface area contributed by atoms with Gasteiger partial charge >= 0.3 is 18.5 Å². The summed E-state index contributed by atoms with van der Waals surface area (Å²) in [4.78, 5) is 25.5. The van der Waals surface area contributed by atoms with E-state index in [9.17, 15) is 53.5 Å². The maximum absolute atomic E-state index is 13.7. The number of alkyl halides is 9. The Hall–Kier alpha value is -3.58. The molecular weight excluding hydrogens is 490 g/mol. The van der Waals surface area contributed by atoms with Crippen molar-refractivity contribution in [2.24, 2.45) is 0 Å². The van der Waals surface area contributed by atoms with E-state index >= 15 is 0 Å². The molecule has 0 aliphatic carbocycles. The van der Waals surface area contributed by atoms with Gasteiger partial charge in [-0.05, 0) is 43.3 Å². The lowest BCUT2D eigenvalue weighted by atomic mass is 9.98. The van der Waals surface area contributed by atoms with Gasteiger partial charge in [0.2, 0.25) is 5.78 Å². The number of hydrogen-bond acceptors (Lipinski definition) is 2. The number of aromatic amines is 1. The summed E-state index contributed by atoms with van der Waals surface area (Å²) in [6, 6.07) is 1.01. The van der Waals surface area contributed by atoms with Crippen molar-refractivity contribution >= 4 is 5.78 Å². The topological polar surface area (TPSA) is 54.9 Å². The predicted molar refractivity (Wildman–Crippen MR) is 96.0 cm³/mol. The molecule has 0 unspecified atom stereocenters. The van der Waals surface area contributed by atoms with Crippen LogP contribution in [0.25, 0.3) is 5.69 Å². The highest BCUT2D eigenvalue weighted by Gasteiger charge is 2.38.